The molecule has 1 saturated heterocycles. The molecule has 1 aliphatic rings. The average Bonchev–Trinajstić information content (AvgIpc) is 2.66. The largest absolute Gasteiger partial charge is 0.373 e. The number of nitrogens with zero attached hydrogens (tertiary/aromatic N) is 1. The normalized spacial score (nSPS) is 20.0. The van der Waals surface area contributed by atoms with Gasteiger partial charge in [0.15, 0.2) is 0 Å². The smallest absolute Gasteiger partial charge is 0.251 e. The van der Waals surface area contributed by atoms with Gasteiger partial charge in [-0.15, -0.1) is 0 Å². The first-order chi connectivity index (χ1) is 14.2. The van der Waals surface area contributed by atoms with Gasteiger partial charge in [-0.1, -0.05) is 24.3 Å². The Hall–Kier alpha value is -2.42. The highest BCUT2D eigenvalue weighted by Crippen LogP contribution is 2.15. The van der Waals surface area contributed by atoms with E-state index in [4.69, 9.17) is 4.74 Å². The topological polar surface area (TPSA) is 87.7 Å². The number of amides is 1. The Morgan fingerprint density at radius 3 is 2.13 bits per heavy atom. The molecule has 1 fully saturated rings. The van der Waals surface area contributed by atoms with Crippen molar-refractivity contribution in [3.05, 3.63) is 65.2 Å². The Labute approximate surface area is 178 Å². The van der Waals surface area contributed by atoms with Crippen LogP contribution in [0.1, 0.15) is 35.3 Å². The number of carbonyl (C=O) groups excluding carboxylic acids is 1. The fourth-order valence-corrected chi connectivity index (χ4v) is 4.19. The summed E-state index contributed by atoms with van der Waals surface area (Å²) in [5.41, 5.74) is 3.15. The molecule has 2 aromatic carbocycles. The summed E-state index contributed by atoms with van der Waals surface area (Å²) in [5.74, 6) is -0.207. The van der Waals surface area contributed by atoms with Crippen molar-refractivity contribution in [1.82, 2.24) is 10.2 Å². The molecular formula is C22H29N3O4S. The number of nitrogens with one attached hydrogen (secondary N) is 2. The molecule has 7 nitrogen and oxygen atoms in total. The van der Waals surface area contributed by atoms with Crippen LogP contribution in [0.4, 0.5) is 5.69 Å². The average molecular weight is 432 g/mol. The van der Waals surface area contributed by atoms with Gasteiger partial charge in [0.1, 0.15) is 0 Å². The molecule has 3 rings (SSSR count). The number of ether oxygens (including phenoxy) is 1. The molecule has 0 spiro atoms. The van der Waals surface area contributed by atoms with E-state index in [-0.39, 0.29) is 18.1 Å². The summed E-state index contributed by atoms with van der Waals surface area (Å²) in [4.78, 5) is 14.7. The summed E-state index contributed by atoms with van der Waals surface area (Å²) in [6.07, 6.45) is 1.58. The predicted molar refractivity (Wildman–Crippen MR) is 118 cm³/mol. The molecule has 2 unspecified atom stereocenters. The van der Waals surface area contributed by atoms with Crippen molar-refractivity contribution >= 4 is 21.6 Å². The van der Waals surface area contributed by atoms with Gasteiger partial charge in [-0.25, -0.2) is 8.42 Å². The van der Waals surface area contributed by atoms with E-state index in [9.17, 15) is 13.2 Å². The summed E-state index contributed by atoms with van der Waals surface area (Å²) in [6.45, 7) is 7.38. The van der Waals surface area contributed by atoms with Gasteiger partial charge < -0.3 is 10.1 Å². The summed E-state index contributed by atoms with van der Waals surface area (Å²) in [5, 5.41) is 2.89. The lowest BCUT2D eigenvalue weighted by molar-refractivity contribution is -0.0704. The van der Waals surface area contributed by atoms with Crippen LogP contribution in [0, 0.1) is 0 Å². The fourth-order valence-electron chi connectivity index (χ4n) is 3.62. The SMILES string of the molecule is CC1CN(Cc2ccc(CNC(=O)c3ccc(NS(C)(=O)=O)cc3)cc2)CC(C)O1. The number of anilines is 1. The van der Waals surface area contributed by atoms with Gasteiger partial charge in [0, 0.05) is 37.4 Å². The number of sulfonamides is 1. The van der Waals surface area contributed by atoms with Crippen LogP contribution in [0.2, 0.25) is 0 Å². The first-order valence-electron chi connectivity index (χ1n) is 9.99. The van der Waals surface area contributed by atoms with Gasteiger partial charge >= 0.3 is 0 Å². The second kappa shape index (κ2) is 9.59. The first kappa shape index (κ1) is 22.3. The van der Waals surface area contributed by atoms with E-state index in [2.05, 4.69) is 40.9 Å². The summed E-state index contributed by atoms with van der Waals surface area (Å²) in [6, 6.07) is 14.6. The van der Waals surface area contributed by atoms with Gasteiger partial charge in [-0.2, -0.15) is 0 Å². The third-order valence-corrected chi connectivity index (χ3v) is 5.43. The fraction of sp³-hybridized carbons (Fsp3) is 0.409. The number of benzene rings is 2. The molecule has 2 atom stereocenters. The molecule has 0 aliphatic carbocycles. The molecular weight excluding hydrogens is 402 g/mol. The Morgan fingerprint density at radius 2 is 1.57 bits per heavy atom. The van der Waals surface area contributed by atoms with Crippen molar-refractivity contribution in [1.29, 1.82) is 0 Å². The van der Waals surface area contributed by atoms with E-state index in [0.717, 1.165) is 31.5 Å². The van der Waals surface area contributed by atoms with Crippen LogP contribution in [0.25, 0.3) is 0 Å². The third kappa shape index (κ3) is 6.83. The van der Waals surface area contributed by atoms with Gasteiger partial charge in [0.25, 0.3) is 5.91 Å². The minimum atomic E-state index is -3.33. The highest BCUT2D eigenvalue weighted by Gasteiger charge is 2.21. The molecule has 8 heteroatoms. The summed E-state index contributed by atoms with van der Waals surface area (Å²) < 4.78 is 30.6. The number of rotatable bonds is 7. The molecule has 30 heavy (non-hydrogen) atoms. The maximum Gasteiger partial charge on any atom is 0.251 e. The van der Waals surface area contributed by atoms with Crippen LogP contribution in [0.15, 0.2) is 48.5 Å². The number of hydrogen-bond donors (Lipinski definition) is 2. The van der Waals surface area contributed by atoms with Crippen molar-refractivity contribution in [2.75, 3.05) is 24.1 Å². The molecule has 2 N–H and O–H groups in total. The lowest BCUT2D eigenvalue weighted by atomic mass is 10.1. The maximum atomic E-state index is 12.3. The molecule has 1 heterocycles. The van der Waals surface area contributed by atoms with Crippen LogP contribution in [0.3, 0.4) is 0 Å². The summed E-state index contributed by atoms with van der Waals surface area (Å²) >= 11 is 0. The van der Waals surface area contributed by atoms with E-state index in [1.165, 1.54) is 5.56 Å². The zero-order chi connectivity index (χ0) is 21.7. The van der Waals surface area contributed by atoms with E-state index in [1.807, 2.05) is 12.1 Å². The lowest BCUT2D eigenvalue weighted by Crippen LogP contribution is -2.44. The molecule has 0 radical (unpaired) electrons. The predicted octanol–water partition coefficient (Wildman–Crippen LogP) is 2.60. The molecule has 1 amide bonds. The monoisotopic (exact) mass is 431 g/mol. The van der Waals surface area contributed by atoms with Crippen molar-refractivity contribution in [3.8, 4) is 0 Å². The van der Waals surface area contributed by atoms with Gasteiger partial charge in [-0.3, -0.25) is 14.4 Å². The second-order valence-electron chi connectivity index (χ2n) is 7.90. The van der Waals surface area contributed by atoms with Crippen molar-refractivity contribution in [2.45, 2.75) is 39.1 Å². The van der Waals surface area contributed by atoms with E-state index in [0.29, 0.717) is 17.8 Å². The van der Waals surface area contributed by atoms with Crippen LogP contribution in [-0.2, 0) is 27.8 Å². The van der Waals surface area contributed by atoms with E-state index >= 15 is 0 Å². The molecule has 0 saturated carbocycles. The van der Waals surface area contributed by atoms with E-state index in [1.54, 1.807) is 24.3 Å². The zero-order valence-electron chi connectivity index (χ0n) is 17.6. The van der Waals surface area contributed by atoms with Gasteiger partial charge in [0.05, 0.1) is 18.5 Å². The molecule has 2 aromatic rings. The molecule has 0 bridgehead atoms. The standard InChI is InChI=1S/C22H29N3O4S/c1-16-13-25(14-17(2)29-16)15-19-6-4-18(5-7-19)12-23-22(26)20-8-10-21(11-9-20)24-30(3,27)28/h4-11,16-17,24H,12-15H2,1-3H3,(H,23,26). The molecule has 1 aliphatic heterocycles. The Bertz CT molecular complexity index is 949. The van der Waals surface area contributed by atoms with E-state index < -0.39 is 10.0 Å². The van der Waals surface area contributed by atoms with Crippen molar-refractivity contribution in [3.63, 3.8) is 0 Å². The number of hydrogen-bond acceptors (Lipinski definition) is 5. The minimum absolute atomic E-state index is 0.207. The van der Waals surface area contributed by atoms with Crippen molar-refractivity contribution < 1.29 is 17.9 Å². The summed E-state index contributed by atoms with van der Waals surface area (Å²) in [7, 11) is -3.33. The van der Waals surface area contributed by atoms with Crippen LogP contribution in [0.5, 0.6) is 0 Å². The second-order valence-corrected chi connectivity index (χ2v) is 9.65. The van der Waals surface area contributed by atoms with Crippen LogP contribution in [-0.4, -0.2) is 50.8 Å². The Balaban J connectivity index is 1.50. The highest BCUT2D eigenvalue weighted by molar-refractivity contribution is 7.92. The Morgan fingerprint density at radius 1 is 1.00 bits per heavy atom. The Kier molecular flexibility index (Phi) is 7.12. The van der Waals surface area contributed by atoms with Gasteiger partial charge in [-0.05, 0) is 49.2 Å². The number of carbonyl (C=O) groups is 1. The maximum absolute atomic E-state index is 12.3. The van der Waals surface area contributed by atoms with Crippen LogP contribution < -0.4 is 10.0 Å². The first-order valence-corrected chi connectivity index (χ1v) is 11.9. The van der Waals surface area contributed by atoms with Crippen LogP contribution >= 0.6 is 0 Å². The zero-order valence-corrected chi connectivity index (χ0v) is 18.4. The molecule has 162 valence electrons. The minimum Gasteiger partial charge on any atom is -0.373 e. The number of morpholine rings is 1. The molecule has 0 aromatic heterocycles. The highest BCUT2D eigenvalue weighted by atomic mass is 32.2. The van der Waals surface area contributed by atoms with Gasteiger partial charge in [0.2, 0.25) is 10.0 Å². The third-order valence-electron chi connectivity index (χ3n) is 4.83. The van der Waals surface area contributed by atoms with Crippen molar-refractivity contribution in [2.24, 2.45) is 0 Å². The lowest BCUT2D eigenvalue weighted by Gasteiger charge is -2.35. The quantitative estimate of drug-likeness (QED) is 0.704.